The Hall–Kier alpha value is -5.10. The predicted molar refractivity (Wildman–Crippen MR) is 139 cm³/mol. The zero-order chi connectivity index (χ0) is 25.1. The number of hydrogen-bond acceptors (Lipinski definition) is 6. The molecule has 0 spiro atoms. The molecule has 0 saturated heterocycles. The molecule has 4 aromatic carbocycles. The maximum atomic E-state index is 12.0. The molecule has 0 radical (unpaired) electrons. The van der Waals surface area contributed by atoms with E-state index in [1.165, 1.54) is 0 Å². The van der Waals surface area contributed by atoms with Crippen LogP contribution in [0, 0.1) is 0 Å². The van der Waals surface area contributed by atoms with Crippen molar-refractivity contribution in [2.45, 2.75) is 0 Å². The highest BCUT2D eigenvalue weighted by Crippen LogP contribution is 2.30. The topological polar surface area (TPSA) is 101 Å². The normalized spacial score (nSPS) is 10.7. The molecule has 0 amide bonds. The Morgan fingerprint density at radius 2 is 0.778 bits per heavy atom. The maximum absolute atomic E-state index is 12.0. The first-order valence-electron chi connectivity index (χ1n) is 11.1. The third-order valence-electron chi connectivity index (χ3n) is 5.62. The van der Waals surface area contributed by atoms with Crippen LogP contribution in [0.1, 0.15) is 0 Å². The van der Waals surface area contributed by atoms with Gasteiger partial charge in [-0.2, -0.15) is 0 Å². The zero-order valence-electron chi connectivity index (χ0n) is 18.9. The zero-order valence-corrected chi connectivity index (χ0v) is 18.9. The first-order chi connectivity index (χ1) is 17.5. The van der Waals surface area contributed by atoms with E-state index in [1.807, 2.05) is 36.4 Å². The summed E-state index contributed by atoms with van der Waals surface area (Å²) in [5, 5.41) is 20.7. The molecule has 2 aromatic heterocycles. The van der Waals surface area contributed by atoms with Gasteiger partial charge in [0.15, 0.2) is 11.5 Å². The Labute approximate surface area is 204 Å². The van der Waals surface area contributed by atoms with Gasteiger partial charge >= 0.3 is 0 Å². The van der Waals surface area contributed by atoms with Gasteiger partial charge in [0.05, 0.1) is 10.8 Å². The summed E-state index contributed by atoms with van der Waals surface area (Å²) in [6, 6.07) is 31.9. The fourth-order valence-corrected chi connectivity index (χ4v) is 3.83. The minimum Gasteiger partial charge on any atom is -0.502 e. The van der Waals surface area contributed by atoms with Gasteiger partial charge in [0.1, 0.15) is 11.2 Å². The van der Waals surface area contributed by atoms with Gasteiger partial charge in [-0.3, -0.25) is 9.59 Å². The molecule has 6 nitrogen and oxygen atoms in total. The lowest BCUT2D eigenvalue weighted by Crippen LogP contribution is -2.02. The number of benzene rings is 4. The van der Waals surface area contributed by atoms with Crippen LogP contribution >= 0.6 is 0 Å². The molecule has 0 saturated carbocycles. The number of aromatic hydroxyl groups is 2. The molecule has 0 aliphatic carbocycles. The summed E-state index contributed by atoms with van der Waals surface area (Å²) < 4.78 is 11.2. The van der Waals surface area contributed by atoms with Gasteiger partial charge in [0.2, 0.25) is 22.4 Å². The lowest BCUT2D eigenvalue weighted by Gasteiger charge is -2.05. The highest BCUT2D eigenvalue weighted by molar-refractivity contribution is 5.82. The third-order valence-corrected chi connectivity index (χ3v) is 5.62. The number of fused-ring (bicyclic) bond motifs is 2. The minimum absolute atomic E-state index is 0.208. The van der Waals surface area contributed by atoms with Crippen molar-refractivity contribution in [1.29, 1.82) is 0 Å². The lowest BCUT2D eigenvalue weighted by molar-refractivity contribution is 0.449. The summed E-state index contributed by atoms with van der Waals surface area (Å²) in [5.74, 6) is -0.279. The summed E-state index contributed by atoms with van der Waals surface area (Å²) in [7, 11) is 0. The molecule has 0 unspecified atom stereocenters. The molecule has 2 heterocycles. The molecular weight excluding hydrogens is 456 g/mol. The van der Waals surface area contributed by atoms with Crippen molar-refractivity contribution in [3.63, 3.8) is 0 Å². The second kappa shape index (κ2) is 9.64. The average molecular weight is 476 g/mol. The van der Waals surface area contributed by atoms with E-state index in [0.717, 1.165) is 0 Å². The second-order valence-electron chi connectivity index (χ2n) is 7.94. The summed E-state index contributed by atoms with van der Waals surface area (Å²) in [6.07, 6.45) is 0. The van der Waals surface area contributed by atoms with E-state index in [4.69, 9.17) is 8.83 Å². The number of hydrogen-bond donors (Lipinski definition) is 2. The maximum Gasteiger partial charge on any atom is 0.235 e. The van der Waals surface area contributed by atoms with Gasteiger partial charge in [-0.05, 0) is 24.3 Å². The third kappa shape index (κ3) is 4.23. The molecule has 0 aliphatic rings. The molecule has 176 valence electrons. The first-order valence-corrected chi connectivity index (χ1v) is 11.1. The summed E-state index contributed by atoms with van der Waals surface area (Å²) in [6.45, 7) is 0. The molecule has 0 bridgehead atoms. The minimum atomic E-state index is -0.407. The van der Waals surface area contributed by atoms with Crippen molar-refractivity contribution < 1.29 is 19.0 Å². The van der Waals surface area contributed by atoms with Gasteiger partial charge in [-0.1, -0.05) is 84.9 Å². The van der Waals surface area contributed by atoms with E-state index >= 15 is 0 Å². The Morgan fingerprint density at radius 1 is 0.444 bits per heavy atom. The highest BCUT2D eigenvalue weighted by atomic mass is 16.4. The molecule has 0 atom stereocenters. The molecule has 6 aromatic rings. The smallest absolute Gasteiger partial charge is 0.235 e. The van der Waals surface area contributed by atoms with Crippen molar-refractivity contribution in [1.82, 2.24) is 0 Å². The fourth-order valence-electron chi connectivity index (χ4n) is 3.83. The van der Waals surface area contributed by atoms with Crippen LogP contribution in [0.15, 0.2) is 128 Å². The molecule has 0 aliphatic heterocycles. The van der Waals surface area contributed by atoms with Crippen LogP contribution in [-0.2, 0) is 0 Å². The van der Waals surface area contributed by atoms with Crippen molar-refractivity contribution in [3.05, 3.63) is 130 Å². The monoisotopic (exact) mass is 476 g/mol. The van der Waals surface area contributed by atoms with E-state index in [0.29, 0.717) is 33.1 Å². The van der Waals surface area contributed by atoms with Gasteiger partial charge in [0.25, 0.3) is 0 Å². The first kappa shape index (κ1) is 22.7. The highest BCUT2D eigenvalue weighted by Gasteiger charge is 2.15. The Bertz CT molecular complexity index is 1650. The molecule has 6 rings (SSSR count). The van der Waals surface area contributed by atoms with Crippen LogP contribution < -0.4 is 10.9 Å². The van der Waals surface area contributed by atoms with Crippen molar-refractivity contribution in [2.75, 3.05) is 0 Å². The number of para-hydroxylation sites is 2. The van der Waals surface area contributed by atoms with E-state index in [-0.39, 0.29) is 23.0 Å². The molecule has 6 heteroatoms. The van der Waals surface area contributed by atoms with Gasteiger partial charge in [0, 0.05) is 11.1 Å². The van der Waals surface area contributed by atoms with Crippen LogP contribution in [0.25, 0.3) is 44.6 Å². The van der Waals surface area contributed by atoms with Crippen molar-refractivity contribution >= 4 is 21.9 Å². The SMILES string of the molecule is O=c1c(O)c(-c2ccccc2)oc2ccccc12.O=c1c(O)c(-c2ccccc2)oc2ccccc12. The Morgan fingerprint density at radius 3 is 1.17 bits per heavy atom. The number of rotatable bonds is 2. The van der Waals surface area contributed by atoms with E-state index in [2.05, 4.69) is 0 Å². The lowest BCUT2D eigenvalue weighted by atomic mass is 10.1. The second-order valence-corrected chi connectivity index (χ2v) is 7.94. The van der Waals surface area contributed by atoms with Crippen LogP contribution in [0.4, 0.5) is 0 Å². The van der Waals surface area contributed by atoms with Crippen LogP contribution in [0.5, 0.6) is 11.5 Å². The summed E-state index contributed by atoms with van der Waals surface area (Å²) in [5.41, 5.74) is 1.49. The molecular formula is C30H20O6. The van der Waals surface area contributed by atoms with Gasteiger partial charge in [-0.15, -0.1) is 0 Å². The van der Waals surface area contributed by atoms with Crippen LogP contribution in [0.2, 0.25) is 0 Å². The molecule has 36 heavy (non-hydrogen) atoms. The Kier molecular flexibility index (Phi) is 6.07. The van der Waals surface area contributed by atoms with E-state index in [1.54, 1.807) is 72.8 Å². The molecule has 2 N–H and O–H groups in total. The van der Waals surface area contributed by atoms with Crippen LogP contribution in [0.3, 0.4) is 0 Å². The average Bonchev–Trinajstić information content (AvgIpc) is 2.94. The van der Waals surface area contributed by atoms with E-state index in [9.17, 15) is 19.8 Å². The van der Waals surface area contributed by atoms with Crippen molar-refractivity contribution in [2.24, 2.45) is 0 Å². The quantitative estimate of drug-likeness (QED) is 0.303. The van der Waals surface area contributed by atoms with E-state index < -0.39 is 10.9 Å². The summed E-state index contributed by atoms with van der Waals surface area (Å²) in [4.78, 5) is 24.0. The molecule has 0 fully saturated rings. The van der Waals surface area contributed by atoms with Gasteiger partial charge < -0.3 is 19.0 Å². The standard InChI is InChI=1S/2C15H10O3/c2*16-13-11-8-4-5-9-12(11)18-15(14(13)17)10-6-2-1-3-7-10/h2*1-9,17H. The fraction of sp³-hybridized carbons (Fsp3) is 0. The van der Waals surface area contributed by atoms with Crippen molar-refractivity contribution in [3.8, 4) is 34.1 Å². The summed E-state index contributed by atoms with van der Waals surface area (Å²) >= 11 is 0. The van der Waals surface area contributed by atoms with Gasteiger partial charge in [-0.25, -0.2) is 0 Å². The predicted octanol–water partition coefficient (Wildman–Crippen LogP) is 6.33. The largest absolute Gasteiger partial charge is 0.502 e. The van der Waals surface area contributed by atoms with Crippen LogP contribution in [-0.4, -0.2) is 10.2 Å². The Balaban J connectivity index is 0.000000148.